The van der Waals surface area contributed by atoms with Crippen LogP contribution >= 0.6 is 0 Å². The topological polar surface area (TPSA) is 149 Å². The Bertz CT molecular complexity index is 1660. The highest BCUT2D eigenvalue weighted by Gasteiger charge is 2.37. The molecule has 3 saturated heterocycles. The molecule has 1 atom stereocenters. The van der Waals surface area contributed by atoms with E-state index in [0.717, 1.165) is 47.2 Å². The third-order valence-corrected chi connectivity index (χ3v) is 12.2. The van der Waals surface area contributed by atoms with E-state index in [0.29, 0.717) is 77.4 Å². The third kappa shape index (κ3) is 8.18. The number of nitrogens with zero attached hydrogens (tertiary/aromatic N) is 5. The lowest BCUT2D eigenvalue weighted by Crippen LogP contribution is -2.57. The minimum Gasteiger partial charge on any atom is -0.436 e. The number of ether oxygens (including phenoxy) is 1. The molecule has 272 valence electrons. The monoisotopic (exact) mass is 709 g/mol. The number of nitrogens with two attached hydrogens (primary N) is 1. The number of aryl methyl sites for hydroxylation is 2. The van der Waals surface area contributed by atoms with Gasteiger partial charge in [-0.25, -0.2) is 22.3 Å². The molecule has 0 aliphatic carbocycles. The van der Waals surface area contributed by atoms with Crippen LogP contribution in [-0.4, -0.2) is 134 Å². The van der Waals surface area contributed by atoms with Crippen molar-refractivity contribution >= 4 is 39.4 Å². The molecule has 0 aromatic heterocycles. The number of urea groups is 1. The van der Waals surface area contributed by atoms with Crippen molar-refractivity contribution in [3.05, 3.63) is 58.7 Å². The molecule has 0 radical (unpaired) electrons. The zero-order chi connectivity index (χ0) is 35.6. The average Bonchev–Trinajstić information content (AvgIpc) is 3.27. The van der Waals surface area contributed by atoms with Gasteiger partial charge in [0.05, 0.1) is 6.26 Å². The van der Waals surface area contributed by atoms with Gasteiger partial charge < -0.3 is 30.5 Å². The SMILES string of the molecule is Cc1cc(C[C@@H](OC(=O)N2CCC(N3CCc4ccccc4NC3=O)CC2)C(=O)N2CCN(C3CCN(S(C)(=O)=O)CC3)CC2)cc(C)c1N. The Labute approximate surface area is 295 Å². The highest BCUT2D eigenvalue weighted by Crippen LogP contribution is 2.26. The Morgan fingerprint density at radius 1 is 0.880 bits per heavy atom. The van der Waals surface area contributed by atoms with Crippen LogP contribution in [0.15, 0.2) is 36.4 Å². The van der Waals surface area contributed by atoms with Gasteiger partial charge in [-0.05, 0) is 74.3 Å². The molecule has 0 spiro atoms. The van der Waals surface area contributed by atoms with Crippen LogP contribution in [-0.2, 0) is 32.4 Å². The molecule has 4 amide bonds. The Hall–Kier alpha value is -3.88. The number of nitrogen functional groups attached to an aromatic ring is 1. The van der Waals surface area contributed by atoms with Crippen molar-refractivity contribution in [1.82, 2.24) is 23.9 Å². The first-order valence-corrected chi connectivity index (χ1v) is 19.7. The van der Waals surface area contributed by atoms with Gasteiger partial charge >= 0.3 is 12.1 Å². The lowest BCUT2D eigenvalue weighted by molar-refractivity contribution is -0.143. The molecule has 3 N–H and O–H groups in total. The first-order valence-electron chi connectivity index (χ1n) is 17.8. The van der Waals surface area contributed by atoms with Gasteiger partial charge in [0, 0.05) is 88.8 Å². The maximum atomic E-state index is 14.1. The fourth-order valence-corrected chi connectivity index (χ4v) is 8.79. The standard InChI is InChI=1S/C36H51N7O6S/c1-25-22-27(23-26(2)33(25)37)24-32(34(44)40-20-18-39(19-21-40)29-11-15-42(16-12-29)50(3,47)48)49-36(46)41-13-9-30(10-14-41)43-17-8-28-6-4-5-7-31(28)38-35(43)45/h4-7,22-23,29-30,32H,8-21,24,37H2,1-3H3,(H,38,45)/t32-/m1/s1. The Kier molecular flexibility index (Phi) is 10.9. The number of piperazine rings is 1. The van der Waals surface area contributed by atoms with E-state index < -0.39 is 22.2 Å². The lowest BCUT2D eigenvalue weighted by Gasteiger charge is -2.43. The summed E-state index contributed by atoms with van der Waals surface area (Å²) in [5, 5.41) is 3.04. The molecule has 4 heterocycles. The van der Waals surface area contributed by atoms with Crippen molar-refractivity contribution < 1.29 is 27.5 Å². The van der Waals surface area contributed by atoms with E-state index in [1.54, 1.807) is 9.80 Å². The van der Waals surface area contributed by atoms with Gasteiger partial charge in [0.1, 0.15) is 0 Å². The second-order valence-corrected chi connectivity index (χ2v) is 16.2. The highest BCUT2D eigenvalue weighted by atomic mass is 32.2. The van der Waals surface area contributed by atoms with E-state index in [1.165, 1.54) is 10.6 Å². The number of anilines is 2. The molecule has 14 heteroatoms. The van der Waals surface area contributed by atoms with Gasteiger partial charge in [0.25, 0.3) is 5.91 Å². The number of rotatable bonds is 7. The Morgan fingerprint density at radius 2 is 1.50 bits per heavy atom. The molecular formula is C36H51N7O6S. The van der Waals surface area contributed by atoms with Crippen LogP contribution in [0.4, 0.5) is 21.0 Å². The van der Waals surface area contributed by atoms with E-state index >= 15 is 0 Å². The van der Waals surface area contributed by atoms with Crippen LogP contribution in [0.2, 0.25) is 0 Å². The number of hydrogen-bond donors (Lipinski definition) is 2. The summed E-state index contributed by atoms with van der Waals surface area (Å²) < 4.78 is 31.5. The number of piperidine rings is 2. The number of nitrogens with one attached hydrogen (secondary N) is 1. The second-order valence-electron chi connectivity index (χ2n) is 14.2. The van der Waals surface area contributed by atoms with Crippen molar-refractivity contribution in [2.24, 2.45) is 0 Å². The largest absolute Gasteiger partial charge is 0.436 e. The minimum absolute atomic E-state index is 0.00132. The van der Waals surface area contributed by atoms with Gasteiger partial charge in [-0.2, -0.15) is 0 Å². The van der Waals surface area contributed by atoms with Gasteiger partial charge in [-0.15, -0.1) is 0 Å². The summed E-state index contributed by atoms with van der Waals surface area (Å²) in [6.07, 6.45) is 3.53. The van der Waals surface area contributed by atoms with Crippen LogP contribution in [0.3, 0.4) is 0 Å². The summed E-state index contributed by atoms with van der Waals surface area (Å²) >= 11 is 0. The smallest absolute Gasteiger partial charge is 0.410 e. The molecule has 2 aromatic rings. The first-order chi connectivity index (χ1) is 23.9. The number of carbonyl (C=O) groups excluding carboxylic acids is 3. The van der Waals surface area contributed by atoms with Gasteiger partial charge in [-0.1, -0.05) is 30.3 Å². The highest BCUT2D eigenvalue weighted by molar-refractivity contribution is 7.88. The van der Waals surface area contributed by atoms with Gasteiger partial charge in [0.15, 0.2) is 6.10 Å². The molecule has 0 unspecified atom stereocenters. The second kappa shape index (κ2) is 15.2. The molecule has 0 saturated carbocycles. The molecule has 2 aromatic carbocycles. The molecule has 13 nitrogen and oxygen atoms in total. The van der Waals surface area contributed by atoms with E-state index in [4.69, 9.17) is 10.5 Å². The predicted octanol–water partition coefficient (Wildman–Crippen LogP) is 3.06. The minimum atomic E-state index is -3.19. The third-order valence-electron chi connectivity index (χ3n) is 10.9. The summed E-state index contributed by atoms with van der Waals surface area (Å²) in [6.45, 7) is 8.73. The van der Waals surface area contributed by atoms with Crippen LogP contribution in [0, 0.1) is 13.8 Å². The van der Waals surface area contributed by atoms with E-state index in [2.05, 4.69) is 10.2 Å². The molecule has 50 heavy (non-hydrogen) atoms. The zero-order valence-corrected chi connectivity index (χ0v) is 30.3. The quantitative estimate of drug-likeness (QED) is 0.417. The van der Waals surface area contributed by atoms with Crippen molar-refractivity contribution in [1.29, 1.82) is 0 Å². The number of carbonyl (C=O) groups is 3. The Morgan fingerprint density at radius 3 is 2.14 bits per heavy atom. The maximum absolute atomic E-state index is 14.1. The van der Waals surface area contributed by atoms with Gasteiger partial charge in [0.2, 0.25) is 10.0 Å². The first kappa shape index (κ1) is 35.9. The molecule has 4 aliphatic rings. The summed E-state index contributed by atoms with van der Waals surface area (Å²) in [7, 11) is -3.19. The summed E-state index contributed by atoms with van der Waals surface area (Å²) in [6, 6.07) is 11.9. The summed E-state index contributed by atoms with van der Waals surface area (Å²) in [4.78, 5) is 48.5. The van der Waals surface area contributed by atoms with Crippen molar-refractivity contribution in [3.63, 3.8) is 0 Å². The lowest BCUT2D eigenvalue weighted by atomic mass is 9.99. The normalized spacial score (nSPS) is 20.9. The van der Waals surface area contributed by atoms with Crippen LogP contribution in [0.5, 0.6) is 0 Å². The summed E-state index contributed by atoms with van der Waals surface area (Å²) in [5.41, 5.74) is 11.6. The summed E-state index contributed by atoms with van der Waals surface area (Å²) in [5.74, 6) is -0.215. The Balaban J connectivity index is 1.07. The van der Waals surface area contributed by atoms with Crippen molar-refractivity contribution in [2.75, 3.05) is 76.2 Å². The number of hydrogen-bond acceptors (Lipinski definition) is 8. The maximum Gasteiger partial charge on any atom is 0.410 e. The van der Waals surface area contributed by atoms with Crippen LogP contribution < -0.4 is 11.1 Å². The van der Waals surface area contributed by atoms with Crippen LogP contribution in [0.25, 0.3) is 0 Å². The number of para-hydroxylation sites is 1. The van der Waals surface area contributed by atoms with E-state index in [1.807, 2.05) is 55.1 Å². The number of benzene rings is 2. The molecule has 4 aliphatic heterocycles. The van der Waals surface area contributed by atoms with Crippen molar-refractivity contribution in [2.45, 2.75) is 70.6 Å². The molecule has 6 rings (SSSR count). The fraction of sp³-hybridized carbons (Fsp3) is 0.583. The van der Waals surface area contributed by atoms with Gasteiger partial charge in [-0.3, -0.25) is 9.69 Å². The number of fused-ring (bicyclic) bond motifs is 1. The number of amides is 4. The molecule has 0 bridgehead atoms. The molecule has 3 fully saturated rings. The zero-order valence-electron chi connectivity index (χ0n) is 29.5. The van der Waals surface area contributed by atoms with Crippen LogP contribution in [0.1, 0.15) is 47.9 Å². The van der Waals surface area contributed by atoms with E-state index in [-0.39, 0.29) is 30.4 Å². The number of likely N-dealkylation sites (tertiary alicyclic amines) is 1. The van der Waals surface area contributed by atoms with E-state index in [9.17, 15) is 22.8 Å². The van der Waals surface area contributed by atoms with Crippen molar-refractivity contribution in [3.8, 4) is 0 Å². The number of sulfonamides is 1. The average molecular weight is 710 g/mol. The fourth-order valence-electron chi connectivity index (χ4n) is 7.92. The predicted molar refractivity (Wildman–Crippen MR) is 192 cm³/mol. The molecular weight excluding hydrogens is 659 g/mol.